The lowest BCUT2D eigenvalue weighted by Crippen LogP contribution is -2.12. The number of nitrogens with two attached hydrogens (primary N) is 1. The number of hydrogen-bond acceptors (Lipinski definition) is 9. The van der Waals surface area contributed by atoms with Gasteiger partial charge in [-0.1, -0.05) is 0 Å². The fourth-order valence-electron chi connectivity index (χ4n) is 1.82. The first-order chi connectivity index (χ1) is 11.0. The quantitative estimate of drug-likeness (QED) is 0.672. The Morgan fingerprint density at radius 2 is 1.87 bits per heavy atom. The maximum Gasteiger partial charge on any atom is 0.367 e. The summed E-state index contributed by atoms with van der Waals surface area (Å²) >= 11 is 0. The van der Waals surface area contributed by atoms with Crippen LogP contribution < -0.4 is 15.3 Å². The first-order valence-electron chi connectivity index (χ1n) is 7.17. The third kappa shape index (κ3) is 4.10. The van der Waals surface area contributed by atoms with E-state index >= 15 is 0 Å². The van der Waals surface area contributed by atoms with Crippen LogP contribution >= 0.6 is 7.60 Å². The number of ether oxygens (including phenoxy) is 1. The van der Waals surface area contributed by atoms with Crippen molar-refractivity contribution < 1.29 is 23.2 Å². The summed E-state index contributed by atoms with van der Waals surface area (Å²) in [4.78, 5) is 17.6. The number of nitrogens with zero attached hydrogens (tertiary/aromatic N) is 4. The average Bonchev–Trinajstić information content (AvgIpc) is 2.90. The Labute approximate surface area is 133 Å². The van der Waals surface area contributed by atoms with Crippen LogP contribution in [0.5, 0.6) is 6.01 Å². The van der Waals surface area contributed by atoms with E-state index in [1.165, 1.54) is 11.1 Å². The van der Waals surface area contributed by atoms with Crippen molar-refractivity contribution in [2.75, 3.05) is 31.9 Å². The van der Waals surface area contributed by atoms with E-state index in [0.717, 1.165) is 0 Å². The van der Waals surface area contributed by atoms with Gasteiger partial charge < -0.3 is 24.4 Å². The van der Waals surface area contributed by atoms with E-state index in [2.05, 4.69) is 15.0 Å². The number of anilines is 1. The summed E-state index contributed by atoms with van der Waals surface area (Å²) in [5, 5.41) is 0. The largest absolute Gasteiger partial charge is 0.450 e. The zero-order valence-corrected chi connectivity index (χ0v) is 14.2. The van der Waals surface area contributed by atoms with Crippen molar-refractivity contribution in [1.29, 1.82) is 0 Å². The highest BCUT2D eigenvalue weighted by molar-refractivity contribution is 7.53. The second-order valence-corrected chi connectivity index (χ2v) is 6.27. The fraction of sp³-hybridized carbons (Fsp3) is 0.583. The molecule has 0 saturated heterocycles. The van der Waals surface area contributed by atoms with Gasteiger partial charge in [0.25, 0.3) is 0 Å². The summed E-state index contributed by atoms with van der Waals surface area (Å²) in [6.07, 6.45) is 1.12. The first kappa shape index (κ1) is 17.5. The maximum atomic E-state index is 12.4. The van der Waals surface area contributed by atoms with Crippen molar-refractivity contribution in [3.8, 4) is 6.01 Å². The number of rotatable bonds is 9. The third-order valence-electron chi connectivity index (χ3n) is 2.64. The van der Waals surface area contributed by atoms with Crippen molar-refractivity contribution in [2.24, 2.45) is 0 Å². The minimum Gasteiger partial charge on any atom is -0.450 e. The highest BCUT2D eigenvalue weighted by atomic mass is 31.2. The molecule has 10 nitrogen and oxygen atoms in total. The normalized spacial score (nSPS) is 11.8. The van der Waals surface area contributed by atoms with Gasteiger partial charge in [0.2, 0.25) is 5.65 Å². The van der Waals surface area contributed by atoms with Crippen LogP contribution in [-0.4, -0.2) is 45.9 Å². The molecular formula is C12H20N5O5P. The molecular weight excluding hydrogens is 325 g/mol. The SMILES string of the molecule is CCOn1cnc2c(N)nc(OCP(=O)(OCC)OCC)nc21. The van der Waals surface area contributed by atoms with Crippen molar-refractivity contribution in [3.05, 3.63) is 6.33 Å². The van der Waals surface area contributed by atoms with Crippen LogP contribution in [0.1, 0.15) is 20.8 Å². The predicted molar refractivity (Wildman–Crippen MR) is 83.2 cm³/mol. The van der Waals surface area contributed by atoms with Gasteiger partial charge in [-0.2, -0.15) is 14.7 Å². The molecule has 2 aromatic rings. The third-order valence-corrected chi connectivity index (χ3v) is 4.39. The fourth-order valence-corrected chi connectivity index (χ4v) is 3.11. The zero-order valence-electron chi connectivity index (χ0n) is 13.3. The van der Waals surface area contributed by atoms with Crippen molar-refractivity contribution in [3.63, 3.8) is 0 Å². The second-order valence-electron chi connectivity index (χ2n) is 4.27. The zero-order chi connectivity index (χ0) is 16.9. The Balaban J connectivity index is 2.22. The molecule has 0 radical (unpaired) electrons. The van der Waals surface area contributed by atoms with E-state index in [4.69, 9.17) is 24.4 Å². The molecule has 11 heteroatoms. The Kier molecular flexibility index (Phi) is 5.75. The van der Waals surface area contributed by atoms with Crippen molar-refractivity contribution >= 4 is 24.6 Å². The summed E-state index contributed by atoms with van der Waals surface area (Å²) in [5.41, 5.74) is 6.58. The molecule has 0 atom stereocenters. The maximum absolute atomic E-state index is 12.4. The molecule has 2 aromatic heterocycles. The van der Waals surface area contributed by atoms with E-state index in [-0.39, 0.29) is 31.4 Å². The summed E-state index contributed by atoms with van der Waals surface area (Å²) < 4.78 is 29.3. The van der Waals surface area contributed by atoms with E-state index in [1.54, 1.807) is 13.8 Å². The van der Waals surface area contributed by atoms with Crippen molar-refractivity contribution in [2.45, 2.75) is 20.8 Å². The highest BCUT2D eigenvalue weighted by Crippen LogP contribution is 2.47. The molecule has 0 aliphatic heterocycles. The van der Waals surface area contributed by atoms with Gasteiger partial charge >= 0.3 is 13.6 Å². The molecule has 2 rings (SSSR count). The molecule has 0 spiro atoms. The smallest absolute Gasteiger partial charge is 0.367 e. The molecule has 128 valence electrons. The molecule has 0 saturated carbocycles. The van der Waals surface area contributed by atoms with E-state index < -0.39 is 7.60 Å². The number of hydrogen-bond donors (Lipinski definition) is 1. The topological polar surface area (TPSA) is 124 Å². The average molecular weight is 345 g/mol. The Hall–Kier alpha value is -1.90. The standard InChI is InChI=1S/C12H20N5O5P/c1-4-20-17-7-14-9-10(13)15-12(16-11(9)17)19-8-23(18,21-5-2)22-6-3/h7H,4-6,8H2,1-3H3,(H2,13,15,16). The van der Waals surface area contributed by atoms with Gasteiger partial charge in [-0.05, 0) is 20.8 Å². The van der Waals surface area contributed by atoms with E-state index in [9.17, 15) is 4.57 Å². The first-order valence-corrected chi connectivity index (χ1v) is 8.90. The molecule has 0 aliphatic rings. The van der Waals surface area contributed by atoms with Crippen molar-refractivity contribution in [1.82, 2.24) is 19.7 Å². The predicted octanol–water partition coefficient (Wildman–Crippen LogP) is 1.46. The number of imidazole rings is 1. The molecule has 0 fully saturated rings. The van der Waals surface area contributed by atoms with E-state index in [1.807, 2.05) is 6.92 Å². The lowest BCUT2D eigenvalue weighted by Gasteiger charge is -2.16. The van der Waals surface area contributed by atoms with Gasteiger partial charge in [0.15, 0.2) is 17.7 Å². The minimum atomic E-state index is -3.37. The number of fused-ring (bicyclic) bond motifs is 1. The van der Waals surface area contributed by atoms with Crippen LogP contribution in [0.25, 0.3) is 11.2 Å². The monoisotopic (exact) mass is 345 g/mol. The lowest BCUT2D eigenvalue weighted by atomic mass is 10.5. The highest BCUT2D eigenvalue weighted by Gasteiger charge is 2.25. The molecule has 0 amide bonds. The van der Waals surface area contributed by atoms with Gasteiger partial charge in [-0.3, -0.25) is 4.57 Å². The summed E-state index contributed by atoms with van der Waals surface area (Å²) in [6.45, 7) is 6.16. The van der Waals surface area contributed by atoms with Crippen LogP contribution in [0, 0.1) is 0 Å². The van der Waals surface area contributed by atoms with Gasteiger partial charge in [0.05, 0.1) is 13.2 Å². The van der Waals surface area contributed by atoms with Gasteiger partial charge in [-0.25, -0.2) is 4.98 Å². The molecule has 0 unspecified atom stereocenters. The molecule has 2 N–H and O–H groups in total. The number of aromatic nitrogens is 4. The van der Waals surface area contributed by atoms with Gasteiger partial charge in [0, 0.05) is 0 Å². The summed E-state index contributed by atoms with van der Waals surface area (Å²) in [7, 11) is -3.37. The Morgan fingerprint density at radius 1 is 1.17 bits per heavy atom. The minimum absolute atomic E-state index is 0.0592. The molecule has 0 aromatic carbocycles. The van der Waals surface area contributed by atoms with Crippen LogP contribution in [0.3, 0.4) is 0 Å². The Morgan fingerprint density at radius 3 is 2.48 bits per heavy atom. The van der Waals surface area contributed by atoms with Crippen LogP contribution in [-0.2, 0) is 13.6 Å². The molecule has 0 aliphatic carbocycles. The van der Waals surface area contributed by atoms with Gasteiger partial charge in [0.1, 0.15) is 12.9 Å². The molecule has 23 heavy (non-hydrogen) atoms. The number of nitrogen functional groups attached to an aromatic ring is 1. The second kappa shape index (κ2) is 7.58. The Bertz CT molecular complexity index is 696. The molecule has 2 heterocycles. The van der Waals surface area contributed by atoms with E-state index in [0.29, 0.717) is 17.8 Å². The summed E-state index contributed by atoms with van der Waals surface area (Å²) in [5.74, 6) is 0.131. The molecule has 0 bridgehead atoms. The van der Waals surface area contributed by atoms with Gasteiger partial charge in [-0.15, -0.1) is 0 Å². The van der Waals surface area contributed by atoms with Crippen LogP contribution in [0.2, 0.25) is 0 Å². The van der Waals surface area contributed by atoms with Crippen LogP contribution in [0.4, 0.5) is 5.82 Å². The van der Waals surface area contributed by atoms with Crippen LogP contribution in [0.15, 0.2) is 6.33 Å². The lowest BCUT2D eigenvalue weighted by molar-refractivity contribution is 0.129. The summed E-state index contributed by atoms with van der Waals surface area (Å²) in [6, 6.07) is -0.0592.